The van der Waals surface area contributed by atoms with Crippen LogP contribution in [0.3, 0.4) is 0 Å². The highest BCUT2D eigenvalue weighted by Gasteiger charge is 2.18. The van der Waals surface area contributed by atoms with E-state index in [-0.39, 0.29) is 0 Å². The van der Waals surface area contributed by atoms with Crippen molar-refractivity contribution in [1.29, 1.82) is 0 Å². The maximum absolute atomic E-state index is 4.34. The first-order chi connectivity index (χ1) is 10.1. The molecule has 0 rings (SSSR count). The van der Waals surface area contributed by atoms with Gasteiger partial charge in [-0.3, -0.25) is 0 Å². The first-order valence-electron chi connectivity index (χ1n) is 9.73. The molecule has 0 aromatic carbocycles. The van der Waals surface area contributed by atoms with E-state index in [1.165, 1.54) is 95.6 Å². The number of unbranched alkanes of at least 4 members (excludes halogenated alkanes) is 11. The van der Waals surface area contributed by atoms with Crippen molar-refractivity contribution in [3.8, 4) is 0 Å². The van der Waals surface area contributed by atoms with E-state index < -0.39 is 8.07 Å². The summed E-state index contributed by atoms with van der Waals surface area (Å²) in [6.07, 6.45) is 18.9. The van der Waals surface area contributed by atoms with Gasteiger partial charge in [0.05, 0.1) is 0 Å². The molecule has 2 heteroatoms. The fraction of sp³-hybridized carbons (Fsp3) is 1.00. The summed E-state index contributed by atoms with van der Waals surface area (Å²) in [7, 11) is -0.870. The summed E-state index contributed by atoms with van der Waals surface area (Å²) in [5.74, 6) is 1.08. The Labute approximate surface area is 142 Å². The maximum atomic E-state index is 4.34. The van der Waals surface area contributed by atoms with Gasteiger partial charge in [0.25, 0.3) is 0 Å². The molecule has 0 heterocycles. The summed E-state index contributed by atoms with van der Waals surface area (Å²) in [5.41, 5.74) is 0. The predicted molar refractivity (Wildman–Crippen MR) is 107 cm³/mol. The molecule has 0 aliphatic carbocycles. The molecule has 128 valence electrons. The molecule has 0 amide bonds. The number of hydrogen-bond acceptors (Lipinski definition) is 1. The Morgan fingerprint density at radius 1 is 0.571 bits per heavy atom. The lowest BCUT2D eigenvalue weighted by atomic mass is 10.1. The van der Waals surface area contributed by atoms with E-state index in [0.717, 1.165) is 5.75 Å². The van der Waals surface area contributed by atoms with Gasteiger partial charge in [0.2, 0.25) is 0 Å². The van der Waals surface area contributed by atoms with E-state index in [4.69, 9.17) is 0 Å². The van der Waals surface area contributed by atoms with E-state index in [9.17, 15) is 0 Å². The van der Waals surface area contributed by atoms with Gasteiger partial charge in [0, 0.05) is 8.07 Å². The van der Waals surface area contributed by atoms with Crippen molar-refractivity contribution in [2.24, 2.45) is 0 Å². The normalized spacial score (nSPS) is 12.0. The van der Waals surface area contributed by atoms with Crippen LogP contribution < -0.4 is 0 Å². The molecule has 0 aromatic rings. The Balaban J connectivity index is 3.18. The second-order valence-electron chi connectivity index (χ2n) is 7.63. The van der Waals surface area contributed by atoms with Gasteiger partial charge >= 0.3 is 0 Å². The Bertz CT molecular complexity index is 204. The van der Waals surface area contributed by atoms with Crippen molar-refractivity contribution in [3.05, 3.63) is 0 Å². The Morgan fingerprint density at radius 3 is 1.38 bits per heavy atom. The van der Waals surface area contributed by atoms with Crippen LogP contribution in [-0.2, 0) is 0 Å². The van der Waals surface area contributed by atoms with Crippen LogP contribution in [0.5, 0.6) is 0 Å². The summed E-state index contributed by atoms with van der Waals surface area (Å²) in [5, 5.41) is 0. The average molecular weight is 331 g/mol. The fourth-order valence-corrected chi connectivity index (χ4v) is 6.17. The van der Waals surface area contributed by atoms with Gasteiger partial charge in [-0.1, -0.05) is 109 Å². The Morgan fingerprint density at radius 2 is 0.952 bits per heavy atom. The van der Waals surface area contributed by atoms with Crippen LogP contribution >= 0.6 is 12.6 Å². The molecule has 0 atom stereocenters. The van der Waals surface area contributed by atoms with Crippen molar-refractivity contribution in [2.75, 3.05) is 5.75 Å². The molecule has 0 fully saturated rings. The highest BCUT2D eigenvalue weighted by molar-refractivity contribution is 7.80. The van der Waals surface area contributed by atoms with E-state index in [0.29, 0.717) is 0 Å². The second kappa shape index (κ2) is 15.5. The van der Waals surface area contributed by atoms with Gasteiger partial charge < -0.3 is 0 Å². The van der Waals surface area contributed by atoms with Gasteiger partial charge in [-0.2, -0.15) is 12.6 Å². The Hall–Kier alpha value is 0.567. The minimum absolute atomic E-state index is 0.870. The average Bonchev–Trinajstić information content (AvgIpc) is 2.46. The molecule has 0 spiro atoms. The predicted octanol–water partition coefficient (Wildman–Crippen LogP) is 7.72. The molecular formula is C19H42SSi. The molecule has 0 saturated heterocycles. The topological polar surface area (TPSA) is 0 Å². The standard InChI is InChI=1S/C19H42SSi/c1-4-5-6-7-8-9-10-11-12-13-14-15-18-21(2,3)19-16-17-20/h20H,4-19H2,1-3H3. The number of thiol groups is 1. The molecule has 0 radical (unpaired) electrons. The minimum atomic E-state index is -0.870. The molecule has 21 heavy (non-hydrogen) atoms. The summed E-state index contributed by atoms with van der Waals surface area (Å²) >= 11 is 4.34. The largest absolute Gasteiger partial charge is 0.179 e. The van der Waals surface area contributed by atoms with Gasteiger partial charge in [0.15, 0.2) is 0 Å². The van der Waals surface area contributed by atoms with E-state index in [1.807, 2.05) is 0 Å². The molecule has 0 aliphatic rings. The molecule has 0 saturated carbocycles. The lowest BCUT2D eigenvalue weighted by Crippen LogP contribution is -2.24. The van der Waals surface area contributed by atoms with Gasteiger partial charge in [-0.15, -0.1) is 0 Å². The molecule has 0 bridgehead atoms. The van der Waals surface area contributed by atoms with E-state index in [2.05, 4.69) is 32.6 Å². The summed E-state index contributed by atoms with van der Waals surface area (Å²) in [6, 6.07) is 3.02. The fourth-order valence-electron chi connectivity index (χ4n) is 3.13. The second-order valence-corrected chi connectivity index (χ2v) is 13.4. The van der Waals surface area contributed by atoms with Crippen LogP contribution in [0, 0.1) is 0 Å². The summed E-state index contributed by atoms with van der Waals surface area (Å²) in [6.45, 7) is 7.42. The van der Waals surface area contributed by atoms with Gasteiger partial charge in [-0.05, 0) is 12.2 Å². The molecule has 0 nitrogen and oxygen atoms in total. The number of hydrogen-bond donors (Lipinski definition) is 1. The summed E-state index contributed by atoms with van der Waals surface area (Å²) < 4.78 is 0. The van der Waals surface area contributed by atoms with Crippen molar-refractivity contribution in [1.82, 2.24) is 0 Å². The lowest BCUT2D eigenvalue weighted by Gasteiger charge is -2.21. The third-order valence-corrected chi connectivity index (χ3v) is 8.45. The highest BCUT2D eigenvalue weighted by atomic mass is 32.1. The van der Waals surface area contributed by atoms with Gasteiger partial charge in [0.1, 0.15) is 0 Å². The van der Waals surface area contributed by atoms with Crippen molar-refractivity contribution < 1.29 is 0 Å². The first kappa shape index (κ1) is 21.6. The van der Waals surface area contributed by atoms with Crippen molar-refractivity contribution in [2.45, 2.75) is 116 Å². The molecule has 0 N–H and O–H groups in total. The third-order valence-electron chi connectivity index (χ3n) is 4.72. The molecular weight excluding hydrogens is 288 g/mol. The molecule has 0 aliphatic heterocycles. The van der Waals surface area contributed by atoms with Crippen LogP contribution in [0.25, 0.3) is 0 Å². The highest BCUT2D eigenvalue weighted by Crippen LogP contribution is 2.22. The van der Waals surface area contributed by atoms with Crippen LogP contribution in [0.2, 0.25) is 25.2 Å². The quantitative estimate of drug-likeness (QED) is 0.167. The van der Waals surface area contributed by atoms with Crippen LogP contribution in [0.4, 0.5) is 0 Å². The monoisotopic (exact) mass is 330 g/mol. The first-order valence-corrected chi connectivity index (χ1v) is 13.8. The maximum Gasteiger partial charge on any atom is 0.0474 e. The molecule has 0 aromatic heterocycles. The van der Waals surface area contributed by atoms with Crippen LogP contribution in [0.1, 0.15) is 90.4 Å². The zero-order chi connectivity index (χ0) is 15.8. The van der Waals surface area contributed by atoms with Crippen molar-refractivity contribution in [3.63, 3.8) is 0 Å². The zero-order valence-corrected chi connectivity index (χ0v) is 17.2. The lowest BCUT2D eigenvalue weighted by molar-refractivity contribution is 0.547. The van der Waals surface area contributed by atoms with E-state index >= 15 is 0 Å². The van der Waals surface area contributed by atoms with Crippen LogP contribution in [-0.4, -0.2) is 13.8 Å². The smallest absolute Gasteiger partial charge is 0.0474 e. The zero-order valence-electron chi connectivity index (χ0n) is 15.3. The van der Waals surface area contributed by atoms with Crippen molar-refractivity contribution >= 4 is 20.7 Å². The van der Waals surface area contributed by atoms with E-state index in [1.54, 1.807) is 0 Å². The summed E-state index contributed by atoms with van der Waals surface area (Å²) in [4.78, 5) is 0. The minimum Gasteiger partial charge on any atom is -0.179 e. The number of rotatable bonds is 16. The third kappa shape index (κ3) is 16.8. The van der Waals surface area contributed by atoms with Crippen LogP contribution in [0.15, 0.2) is 0 Å². The SMILES string of the molecule is CCCCCCCCCCCCCC[Si](C)(C)CCCS. The van der Waals surface area contributed by atoms with Gasteiger partial charge in [-0.25, -0.2) is 0 Å². The molecule has 0 unspecified atom stereocenters. The Kier molecular flexibility index (Phi) is 15.9.